The molecule has 0 spiro atoms. The average molecular weight is 237 g/mol. The third-order valence-corrected chi connectivity index (χ3v) is 3.12. The lowest BCUT2D eigenvalue weighted by Crippen LogP contribution is -2.28. The summed E-state index contributed by atoms with van der Waals surface area (Å²) in [6.45, 7) is 0.883. The van der Waals surface area contributed by atoms with Crippen LogP contribution in [0.25, 0.3) is 0 Å². The first-order valence-electron chi connectivity index (χ1n) is 5.55. The van der Waals surface area contributed by atoms with Crippen LogP contribution in [0.1, 0.15) is 12.1 Å². The number of hydrogen-bond donors (Lipinski definition) is 1. The van der Waals surface area contributed by atoms with Crippen molar-refractivity contribution in [3.63, 3.8) is 0 Å². The minimum Gasteiger partial charge on any atom is -0.481 e. The Balaban J connectivity index is 1.90. The van der Waals surface area contributed by atoms with E-state index < -0.39 is 11.9 Å². The number of aromatic nitrogens is 2. The summed E-state index contributed by atoms with van der Waals surface area (Å²) in [6.07, 6.45) is 2.54. The minimum absolute atomic E-state index is 0.0698. The molecule has 1 aliphatic heterocycles. The van der Waals surface area contributed by atoms with Gasteiger partial charge in [-0.3, -0.25) is 14.3 Å². The SMILES string of the molecule is Cn1nccc1CCN1CC(C(=O)O)CC1=O. The van der Waals surface area contributed by atoms with E-state index in [0.717, 1.165) is 5.69 Å². The number of carbonyl (C=O) groups is 2. The highest BCUT2D eigenvalue weighted by molar-refractivity contribution is 5.86. The second-order valence-corrected chi connectivity index (χ2v) is 4.28. The van der Waals surface area contributed by atoms with Gasteiger partial charge in [0.15, 0.2) is 0 Å². The molecule has 1 amide bonds. The number of hydrogen-bond acceptors (Lipinski definition) is 3. The summed E-state index contributed by atoms with van der Waals surface area (Å²) in [7, 11) is 1.85. The fraction of sp³-hybridized carbons (Fsp3) is 0.545. The van der Waals surface area contributed by atoms with Crippen LogP contribution < -0.4 is 0 Å². The molecule has 1 saturated heterocycles. The second kappa shape index (κ2) is 4.57. The van der Waals surface area contributed by atoms with Gasteiger partial charge in [-0.2, -0.15) is 5.10 Å². The van der Waals surface area contributed by atoms with E-state index in [1.165, 1.54) is 0 Å². The van der Waals surface area contributed by atoms with Crippen molar-refractivity contribution in [1.82, 2.24) is 14.7 Å². The van der Waals surface area contributed by atoms with Gasteiger partial charge in [0, 0.05) is 44.9 Å². The molecule has 1 unspecified atom stereocenters. The van der Waals surface area contributed by atoms with E-state index >= 15 is 0 Å². The van der Waals surface area contributed by atoms with E-state index in [0.29, 0.717) is 19.5 Å². The van der Waals surface area contributed by atoms with Gasteiger partial charge in [0.05, 0.1) is 5.92 Å². The Morgan fingerprint density at radius 2 is 2.41 bits per heavy atom. The molecular weight excluding hydrogens is 222 g/mol. The molecule has 1 aromatic rings. The summed E-state index contributed by atoms with van der Waals surface area (Å²) in [4.78, 5) is 24.0. The zero-order valence-electron chi connectivity index (χ0n) is 9.67. The summed E-state index contributed by atoms with van der Waals surface area (Å²) in [6, 6.07) is 1.90. The third kappa shape index (κ3) is 2.46. The van der Waals surface area contributed by atoms with Gasteiger partial charge in [0.25, 0.3) is 0 Å². The van der Waals surface area contributed by atoms with E-state index in [4.69, 9.17) is 5.11 Å². The van der Waals surface area contributed by atoms with Crippen LogP contribution in [-0.4, -0.2) is 44.8 Å². The number of aliphatic carboxylic acids is 1. The zero-order valence-corrected chi connectivity index (χ0v) is 9.67. The molecule has 0 aliphatic carbocycles. The molecule has 1 fully saturated rings. The number of carboxylic acid groups (broad SMARTS) is 1. The Bertz CT molecular complexity index is 441. The molecule has 0 bridgehead atoms. The summed E-state index contributed by atoms with van der Waals surface area (Å²) in [5.74, 6) is -1.50. The summed E-state index contributed by atoms with van der Waals surface area (Å²) < 4.78 is 1.76. The molecule has 2 heterocycles. The van der Waals surface area contributed by atoms with Crippen molar-refractivity contribution in [3.8, 4) is 0 Å². The van der Waals surface area contributed by atoms with Gasteiger partial charge in [-0.25, -0.2) is 0 Å². The lowest BCUT2D eigenvalue weighted by molar-refractivity contribution is -0.141. The smallest absolute Gasteiger partial charge is 0.308 e. The highest BCUT2D eigenvalue weighted by Gasteiger charge is 2.33. The molecule has 1 atom stereocenters. The van der Waals surface area contributed by atoms with Crippen LogP contribution in [0, 0.1) is 5.92 Å². The fourth-order valence-corrected chi connectivity index (χ4v) is 2.05. The zero-order chi connectivity index (χ0) is 12.4. The summed E-state index contributed by atoms with van der Waals surface area (Å²) >= 11 is 0. The van der Waals surface area contributed by atoms with E-state index in [-0.39, 0.29) is 12.3 Å². The van der Waals surface area contributed by atoms with Crippen molar-refractivity contribution in [2.24, 2.45) is 13.0 Å². The largest absolute Gasteiger partial charge is 0.481 e. The monoisotopic (exact) mass is 237 g/mol. The summed E-state index contributed by atoms with van der Waals surface area (Å²) in [5, 5.41) is 12.9. The van der Waals surface area contributed by atoms with Gasteiger partial charge in [0.2, 0.25) is 5.91 Å². The molecule has 0 aromatic carbocycles. The average Bonchev–Trinajstić information content (AvgIpc) is 2.82. The van der Waals surface area contributed by atoms with Crippen molar-refractivity contribution in [1.29, 1.82) is 0 Å². The molecular formula is C11H15N3O3. The molecule has 6 heteroatoms. The van der Waals surface area contributed by atoms with Crippen LogP contribution in [0.15, 0.2) is 12.3 Å². The molecule has 92 valence electrons. The molecule has 1 aromatic heterocycles. The first-order valence-corrected chi connectivity index (χ1v) is 5.55. The number of carboxylic acids is 1. The van der Waals surface area contributed by atoms with Gasteiger partial charge in [-0.1, -0.05) is 0 Å². The molecule has 2 rings (SSSR count). The fourth-order valence-electron chi connectivity index (χ4n) is 2.05. The van der Waals surface area contributed by atoms with Crippen molar-refractivity contribution < 1.29 is 14.7 Å². The predicted octanol–water partition coefficient (Wildman–Crippen LogP) is -0.104. The lowest BCUT2D eigenvalue weighted by atomic mass is 10.1. The molecule has 0 saturated carbocycles. The second-order valence-electron chi connectivity index (χ2n) is 4.28. The van der Waals surface area contributed by atoms with E-state index in [1.807, 2.05) is 13.1 Å². The first-order chi connectivity index (χ1) is 8.08. The van der Waals surface area contributed by atoms with Crippen molar-refractivity contribution in [2.75, 3.05) is 13.1 Å². The topological polar surface area (TPSA) is 75.4 Å². The van der Waals surface area contributed by atoms with Gasteiger partial charge < -0.3 is 10.0 Å². The maximum atomic E-state index is 11.6. The van der Waals surface area contributed by atoms with Crippen LogP contribution in [0.3, 0.4) is 0 Å². The quantitative estimate of drug-likeness (QED) is 0.793. The van der Waals surface area contributed by atoms with Crippen LogP contribution in [0.4, 0.5) is 0 Å². The third-order valence-electron chi connectivity index (χ3n) is 3.12. The van der Waals surface area contributed by atoms with Crippen LogP contribution in [0.2, 0.25) is 0 Å². The Morgan fingerprint density at radius 1 is 1.65 bits per heavy atom. The molecule has 1 N–H and O–H groups in total. The lowest BCUT2D eigenvalue weighted by Gasteiger charge is -2.15. The molecule has 0 radical (unpaired) electrons. The van der Waals surface area contributed by atoms with Crippen molar-refractivity contribution in [3.05, 3.63) is 18.0 Å². The van der Waals surface area contributed by atoms with Gasteiger partial charge in [-0.05, 0) is 6.07 Å². The molecule has 1 aliphatic rings. The summed E-state index contributed by atoms with van der Waals surface area (Å²) in [5.41, 5.74) is 1.04. The number of carbonyl (C=O) groups excluding carboxylic acids is 1. The van der Waals surface area contributed by atoms with Crippen LogP contribution in [0.5, 0.6) is 0 Å². The first kappa shape index (κ1) is 11.6. The maximum absolute atomic E-state index is 11.6. The van der Waals surface area contributed by atoms with E-state index in [9.17, 15) is 9.59 Å². The normalized spacial score (nSPS) is 19.9. The number of rotatable bonds is 4. The highest BCUT2D eigenvalue weighted by atomic mass is 16.4. The maximum Gasteiger partial charge on any atom is 0.308 e. The number of amides is 1. The van der Waals surface area contributed by atoms with Gasteiger partial charge in [-0.15, -0.1) is 0 Å². The Kier molecular flexibility index (Phi) is 3.12. The molecule has 6 nitrogen and oxygen atoms in total. The standard InChI is InChI=1S/C11H15N3O3/c1-13-9(2-4-12-13)3-5-14-7-8(11(16)17)6-10(14)15/h2,4,8H,3,5-7H2,1H3,(H,16,17). The molecule has 17 heavy (non-hydrogen) atoms. The van der Waals surface area contributed by atoms with E-state index in [2.05, 4.69) is 5.10 Å². The number of likely N-dealkylation sites (tertiary alicyclic amines) is 1. The van der Waals surface area contributed by atoms with Gasteiger partial charge >= 0.3 is 5.97 Å². The van der Waals surface area contributed by atoms with Gasteiger partial charge in [0.1, 0.15) is 0 Å². The Labute approximate surface area is 98.8 Å². The number of nitrogens with zero attached hydrogens (tertiary/aromatic N) is 3. The predicted molar refractivity (Wildman–Crippen MR) is 59.2 cm³/mol. The van der Waals surface area contributed by atoms with E-state index in [1.54, 1.807) is 15.8 Å². The van der Waals surface area contributed by atoms with Crippen LogP contribution in [-0.2, 0) is 23.1 Å². The Morgan fingerprint density at radius 3 is 2.94 bits per heavy atom. The van der Waals surface area contributed by atoms with Crippen molar-refractivity contribution in [2.45, 2.75) is 12.8 Å². The van der Waals surface area contributed by atoms with Crippen molar-refractivity contribution >= 4 is 11.9 Å². The number of aryl methyl sites for hydroxylation is 1. The Hall–Kier alpha value is -1.85. The highest BCUT2D eigenvalue weighted by Crippen LogP contribution is 2.18. The van der Waals surface area contributed by atoms with Crippen LogP contribution >= 0.6 is 0 Å². The minimum atomic E-state index is -0.888.